The molecule has 2 N–H and O–H groups in total. The van der Waals surface area contributed by atoms with Crippen molar-refractivity contribution in [1.29, 1.82) is 0 Å². The highest BCUT2D eigenvalue weighted by Gasteiger charge is 2.29. The molecule has 0 radical (unpaired) electrons. The predicted molar refractivity (Wildman–Crippen MR) is 95.1 cm³/mol. The minimum absolute atomic E-state index is 0.0800. The third-order valence-electron chi connectivity index (χ3n) is 4.91. The molecule has 1 aromatic carbocycles. The minimum Gasteiger partial charge on any atom is -0.346 e. The average Bonchev–Trinajstić information content (AvgIpc) is 3.00. The van der Waals surface area contributed by atoms with Crippen molar-refractivity contribution in [1.82, 2.24) is 20.4 Å². The van der Waals surface area contributed by atoms with Crippen LogP contribution in [0.15, 0.2) is 24.3 Å². The number of carbonyl (C=O) groups is 1. The Hall–Kier alpha value is -2.28. The number of carbonyl (C=O) groups excluding carboxylic acids is 1. The summed E-state index contributed by atoms with van der Waals surface area (Å²) in [4.78, 5) is 12.7. The fourth-order valence-corrected chi connectivity index (χ4v) is 3.53. The number of aryl methyl sites for hydroxylation is 1. The van der Waals surface area contributed by atoms with E-state index in [9.17, 15) is 13.6 Å². The standard InChI is InChI=1S/C19H24F2N4O/c1-11(2)18-9-16(24-25(18)3)19(26)23-17-10-22-7-6-13(17)12-4-5-14(20)15(21)8-12/h4-5,8-9,11,13,17,22H,6-7,10H2,1-3H3,(H,23,26). The van der Waals surface area contributed by atoms with Gasteiger partial charge in [-0.15, -0.1) is 0 Å². The number of aromatic nitrogens is 2. The summed E-state index contributed by atoms with van der Waals surface area (Å²) in [5.74, 6) is -1.80. The first-order valence-electron chi connectivity index (χ1n) is 8.87. The van der Waals surface area contributed by atoms with Gasteiger partial charge in [-0.3, -0.25) is 9.48 Å². The van der Waals surface area contributed by atoms with E-state index in [2.05, 4.69) is 15.7 Å². The van der Waals surface area contributed by atoms with E-state index in [4.69, 9.17) is 0 Å². The number of rotatable bonds is 4. The Morgan fingerprint density at radius 3 is 2.73 bits per heavy atom. The van der Waals surface area contributed by atoms with Crippen LogP contribution >= 0.6 is 0 Å². The van der Waals surface area contributed by atoms with Crippen LogP contribution in [-0.2, 0) is 7.05 Å². The Morgan fingerprint density at radius 2 is 2.08 bits per heavy atom. The molecule has 1 aromatic heterocycles. The van der Waals surface area contributed by atoms with Gasteiger partial charge < -0.3 is 10.6 Å². The predicted octanol–water partition coefficient (Wildman–Crippen LogP) is 2.70. The van der Waals surface area contributed by atoms with E-state index in [-0.39, 0.29) is 23.8 Å². The van der Waals surface area contributed by atoms with Gasteiger partial charge in [0.05, 0.1) is 0 Å². The second-order valence-corrected chi connectivity index (χ2v) is 7.09. The highest BCUT2D eigenvalue weighted by Crippen LogP contribution is 2.27. The molecule has 140 valence electrons. The number of benzene rings is 1. The van der Waals surface area contributed by atoms with E-state index < -0.39 is 11.6 Å². The second-order valence-electron chi connectivity index (χ2n) is 7.09. The third kappa shape index (κ3) is 3.77. The van der Waals surface area contributed by atoms with Gasteiger partial charge in [0.2, 0.25) is 0 Å². The van der Waals surface area contributed by atoms with E-state index in [0.29, 0.717) is 17.8 Å². The van der Waals surface area contributed by atoms with E-state index in [1.54, 1.807) is 16.8 Å². The van der Waals surface area contributed by atoms with Crippen molar-refractivity contribution < 1.29 is 13.6 Å². The van der Waals surface area contributed by atoms with Crippen molar-refractivity contribution >= 4 is 5.91 Å². The van der Waals surface area contributed by atoms with Crippen molar-refractivity contribution in [3.63, 3.8) is 0 Å². The van der Waals surface area contributed by atoms with Crippen LogP contribution in [0.25, 0.3) is 0 Å². The SMILES string of the molecule is CC(C)c1cc(C(=O)NC2CNCCC2c2ccc(F)c(F)c2)nn1C. The quantitative estimate of drug-likeness (QED) is 0.879. The Kier molecular flexibility index (Phi) is 5.36. The molecule has 2 aromatic rings. The molecule has 5 nitrogen and oxygen atoms in total. The van der Waals surface area contributed by atoms with E-state index >= 15 is 0 Å². The molecular weight excluding hydrogens is 338 g/mol. The van der Waals surface area contributed by atoms with Gasteiger partial charge in [0, 0.05) is 31.2 Å². The first-order chi connectivity index (χ1) is 12.4. The largest absolute Gasteiger partial charge is 0.346 e. The highest BCUT2D eigenvalue weighted by molar-refractivity contribution is 5.92. The van der Waals surface area contributed by atoms with Crippen LogP contribution < -0.4 is 10.6 Å². The van der Waals surface area contributed by atoms with E-state index in [1.807, 2.05) is 20.9 Å². The lowest BCUT2D eigenvalue weighted by Gasteiger charge is -2.33. The lowest BCUT2D eigenvalue weighted by Crippen LogP contribution is -2.50. The molecule has 3 rings (SSSR count). The fraction of sp³-hybridized carbons (Fsp3) is 0.474. The molecule has 0 saturated carbocycles. The van der Waals surface area contributed by atoms with Crippen molar-refractivity contribution in [3.8, 4) is 0 Å². The summed E-state index contributed by atoms with van der Waals surface area (Å²) in [7, 11) is 1.82. The molecule has 7 heteroatoms. The summed E-state index contributed by atoms with van der Waals surface area (Å²) < 4.78 is 28.6. The highest BCUT2D eigenvalue weighted by atomic mass is 19.2. The second kappa shape index (κ2) is 7.53. The monoisotopic (exact) mass is 362 g/mol. The number of nitrogens with zero attached hydrogens (tertiary/aromatic N) is 2. The van der Waals surface area contributed by atoms with Gasteiger partial charge in [-0.1, -0.05) is 19.9 Å². The maximum absolute atomic E-state index is 13.6. The molecule has 1 saturated heterocycles. The number of hydrogen-bond acceptors (Lipinski definition) is 3. The molecule has 0 aliphatic carbocycles. The number of amides is 1. The van der Waals surface area contributed by atoms with Crippen LogP contribution in [-0.4, -0.2) is 34.8 Å². The van der Waals surface area contributed by atoms with Crippen molar-refractivity contribution in [2.45, 2.75) is 38.1 Å². The summed E-state index contributed by atoms with van der Waals surface area (Å²) >= 11 is 0. The summed E-state index contributed by atoms with van der Waals surface area (Å²) in [6.07, 6.45) is 0.732. The summed E-state index contributed by atoms with van der Waals surface area (Å²) in [5.41, 5.74) is 2.04. The average molecular weight is 362 g/mol. The van der Waals surface area contributed by atoms with Gasteiger partial charge in [-0.25, -0.2) is 8.78 Å². The minimum atomic E-state index is -0.864. The normalized spacial score (nSPS) is 20.4. The van der Waals surface area contributed by atoms with Crippen LogP contribution in [0, 0.1) is 11.6 Å². The first kappa shape index (κ1) is 18.5. The number of piperidine rings is 1. The smallest absolute Gasteiger partial charge is 0.272 e. The molecule has 1 aliphatic rings. The molecule has 1 amide bonds. The molecule has 2 unspecified atom stereocenters. The summed E-state index contributed by atoms with van der Waals surface area (Å²) in [5, 5.41) is 10.5. The van der Waals surface area contributed by atoms with Crippen LogP contribution in [0.5, 0.6) is 0 Å². The van der Waals surface area contributed by atoms with Crippen molar-refractivity contribution in [2.24, 2.45) is 7.05 Å². The van der Waals surface area contributed by atoms with Gasteiger partial charge in [-0.05, 0) is 42.6 Å². The molecule has 2 heterocycles. The van der Waals surface area contributed by atoms with Crippen LogP contribution in [0.1, 0.15) is 53.8 Å². The van der Waals surface area contributed by atoms with Gasteiger partial charge >= 0.3 is 0 Å². The Labute approximate surface area is 151 Å². The summed E-state index contributed by atoms with van der Waals surface area (Å²) in [6.45, 7) is 5.42. The molecule has 0 bridgehead atoms. The molecule has 1 aliphatic heterocycles. The third-order valence-corrected chi connectivity index (χ3v) is 4.91. The fourth-order valence-electron chi connectivity index (χ4n) is 3.53. The van der Waals surface area contributed by atoms with Gasteiger partial charge in [0.1, 0.15) is 5.69 Å². The van der Waals surface area contributed by atoms with Crippen LogP contribution in [0.3, 0.4) is 0 Å². The lowest BCUT2D eigenvalue weighted by molar-refractivity contribution is 0.0918. The van der Waals surface area contributed by atoms with Gasteiger partial charge in [-0.2, -0.15) is 5.10 Å². The number of hydrogen-bond donors (Lipinski definition) is 2. The molecule has 1 fully saturated rings. The zero-order chi connectivity index (χ0) is 18.8. The van der Waals surface area contributed by atoms with Crippen LogP contribution in [0.2, 0.25) is 0 Å². The zero-order valence-electron chi connectivity index (χ0n) is 15.2. The zero-order valence-corrected chi connectivity index (χ0v) is 15.2. The van der Waals surface area contributed by atoms with E-state index in [1.165, 1.54) is 6.07 Å². The maximum atomic E-state index is 13.6. The van der Waals surface area contributed by atoms with Gasteiger partial charge in [0.15, 0.2) is 11.6 Å². The Bertz CT molecular complexity index is 803. The topological polar surface area (TPSA) is 59.0 Å². The lowest BCUT2D eigenvalue weighted by atomic mass is 9.86. The number of halogens is 2. The maximum Gasteiger partial charge on any atom is 0.272 e. The molecule has 26 heavy (non-hydrogen) atoms. The number of nitrogens with one attached hydrogen (secondary N) is 2. The van der Waals surface area contributed by atoms with Gasteiger partial charge in [0.25, 0.3) is 5.91 Å². The molecule has 2 atom stereocenters. The van der Waals surface area contributed by atoms with E-state index in [0.717, 1.165) is 24.7 Å². The van der Waals surface area contributed by atoms with Crippen molar-refractivity contribution in [3.05, 3.63) is 52.9 Å². The first-order valence-corrected chi connectivity index (χ1v) is 8.87. The van der Waals surface area contributed by atoms with Crippen LogP contribution in [0.4, 0.5) is 8.78 Å². The Morgan fingerprint density at radius 1 is 1.31 bits per heavy atom. The Balaban J connectivity index is 1.78. The summed E-state index contributed by atoms with van der Waals surface area (Å²) in [6, 6.07) is 5.53. The molecule has 0 spiro atoms. The molecular formula is C19H24F2N4O. The van der Waals surface area contributed by atoms with Crippen molar-refractivity contribution in [2.75, 3.05) is 13.1 Å².